The van der Waals surface area contributed by atoms with Crippen LogP contribution in [0.5, 0.6) is 0 Å². The topological polar surface area (TPSA) is 67.8 Å². The molecule has 5 heteroatoms. The van der Waals surface area contributed by atoms with Crippen LogP contribution in [-0.2, 0) is 15.1 Å². The van der Waals surface area contributed by atoms with E-state index in [1.165, 1.54) is 0 Å². The highest BCUT2D eigenvalue weighted by Gasteiger charge is 2.21. The molecule has 0 bridgehead atoms. The molecular formula is C16H22N2O3. The Morgan fingerprint density at radius 3 is 2.38 bits per heavy atom. The molecule has 114 valence electrons. The highest BCUT2D eigenvalue weighted by molar-refractivity contribution is 5.86. The number of hydrogen-bond acceptors (Lipinski definition) is 4. The Bertz CT molecular complexity index is 580. The maximum atomic E-state index is 11.8. The number of nitrogens with zero attached hydrogens (tertiary/aromatic N) is 1. The number of ether oxygens (including phenoxy) is 1. The number of carbonyl (C=O) groups excluding carboxylic acids is 2. The SMILES string of the molecule is Cc1ccc(C(C)(C)N=C=O)cc1NC(=O)OC(C)(C)C. The Morgan fingerprint density at radius 2 is 1.86 bits per heavy atom. The summed E-state index contributed by atoms with van der Waals surface area (Å²) in [5.41, 5.74) is 1.09. The zero-order valence-corrected chi connectivity index (χ0v) is 13.4. The van der Waals surface area contributed by atoms with Gasteiger partial charge in [0.15, 0.2) is 0 Å². The lowest BCUT2D eigenvalue weighted by Gasteiger charge is -2.22. The molecule has 0 aromatic heterocycles. The average Bonchev–Trinajstić information content (AvgIpc) is 2.29. The molecule has 0 heterocycles. The largest absolute Gasteiger partial charge is 0.444 e. The molecule has 0 saturated heterocycles. The second-order valence-corrected chi connectivity index (χ2v) is 6.42. The number of isocyanates is 1. The number of hydrogen-bond donors (Lipinski definition) is 1. The summed E-state index contributed by atoms with van der Waals surface area (Å²) in [5.74, 6) is 0. The normalized spacial score (nSPS) is 11.5. The van der Waals surface area contributed by atoms with Gasteiger partial charge in [-0.1, -0.05) is 12.1 Å². The van der Waals surface area contributed by atoms with Crippen molar-refractivity contribution in [3.05, 3.63) is 29.3 Å². The molecule has 1 amide bonds. The van der Waals surface area contributed by atoms with Crippen LogP contribution in [0.1, 0.15) is 45.7 Å². The summed E-state index contributed by atoms with van der Waals surface area (Å²) in [6, 6.07) is 5.53. The van der Waals surface area contributed by atoms with Gasteiger partial charge in [0, 0.05) is 5.69 Å². The number of anilines is 1. The second-order valence-electron chi connectivity index (χ2n) is 6.42. The minimum atomic E-state index is -0.695. The molecular weight excluding hydrogens is 268 g/mol. The molecule has 0 radical (unpaired) electrons. The number of nitrogens with one attached hydrogen (secondary N) is 1. The van der Waals surface area contributed by atoms with Crippen LogP contribution in [0.25, 0.3) is 0 Å². The Kier molecular flexibility index (Phi) is 4.92. The molecule has 21 heavy (non-hydrogen) atoms. The molecule has 0 atom stereocenters. The first-order chi connectivity index (χ1) is 9.55. The van der Waals surface area contributed by atoms with E-state index in [0.717, 1.165) is 11.1 Å². The van der Waals surface area contributed by atoms with Crippen molar-refractivity contribution < 1.29 is 14.3 Å². The molecule has 1 aromatic carbocycles. The fourth-order valence-electron chi connectivity index (χ4n) is 1.73. The minimum absolute atomic E-state index is 0.514. The number of rotatable bonds is 3. The van der Waals surface area contributed by atoms with Gasteiger partial charge in [-0.2, -0.15) is 4.99 Å². The monoisotopic (exact) mass is 290 g/mol. The van der Waals surface area contributed by atoms with Crippen molar-refractivity contribution in [2.75, 3.05) is 5.32 Å². The Hall–Kier alpha value is -2.13. The van der Waals surface area contributed by atoms with Crippen molar-refractivity contribution in [1.82, 2.24) is 0 Å². The summed E-state index contributed by atoms with van der Waals surface area (Å²) in [6.45, 7) is 10.9. The van der Waals surface area contributed by atoms with Crippen molar-refractivity contribution >= 4 is 17.9 Å². The van der Waals surface area contributed by atoms with E-state index in [1.807, 2.05) is 19.1 Å². The predicted molar refractivity (Wildman–Crippen MR) is 82.2 cm³/mol. The van der Waals surface area contributed by atoms with Crippen LogP contribution in [-0.4, -0.2) is 17.8 Å². The first kappa shape index (κ1) is 16.9. The summed E-state index contributed by atoms with van der Waals surface area (Å²) < 4.78 is 5.23. The van der Waals surface area contributed by atoms with Crippen LogP contribution < -0.4 is 5.32 Å². The molecule has 0 aliphatic heterocycles. The Labute approximate surface area is 125 Å². The lowest BCUT2D eigenvalue weighted by atomic mass is 9.93. The zero-order valence-electron chi connectivity index (χ0n) is 13.4. The van der Waals surface area contributed by atoms with Crippen molar-refractivity contribution in [1.29, 1.82) is 0 Å². The average molecular weight is 290 g/mol. The van der Waals surface area contributed by atoms with Gasteiger partial charge in [0.05, 0.1) is 5.54 Å². The van der Waals surface area contributed by atoms with Crippen LogP contribution in [0.3, 0.4) is 0 Å². The molecule has 5 nitrogen and oxygen atoms in total. The Morgan fingerprint density at radius 1 is 1.24 bits per heavy atom. The minimum Gasteiger partial charge on any atom is -0.444 e. The number of aliphatic imine (C=N–C) groups is 1. The van der Waals surface area contributed by atoms with E-state index in [2.05, 4.69) is 10.3 Å². The van der Waals surface area contributed by atoms with Gasteiger partial charge < -0.3 is 4.74 Å². The first-order valence-electron chi connectivity index (χ1n) is 6.75. The van der Waals surface area contributed by atoms with Gasteiger partial charge in [0.1, 0.15) is 5.60 Å². The van der Waals surface area contributed by atoms with Crippen molar-refractivity contribution in [3.8, 4) is 0 Å². The van der Waals surface area contributed by atoms with E-state index in [4.69, 9.17) is 4.74 Å². The second kappa shape index (κ2) is 6.10. The van der Waals surface area contributed by atoms with Gasteiger partial charge >= 0.3 is 6.09 Å². The quantitative estimate of drug-likeness (QED) is 0.677. The summed E-state index contributed by atoms with van der Waals surface area (Å²) in [7, 11) is 0. The zero-order chi connectivity index (χ0) is 16.3. The van der Waals surface area contributed by atoms with Crippen molar-refractivity contribution in [2.24, 2.45) is 4.99 Å². The van der Waals surface area contributed by atoms with Crippen LogP contribution in [0.4, 0.5) is 10.5 Å². The van der Waals surface area contributed by atoms with Gasteiger partial charge in [0.25, 0.3) is 0 Å². The van der Waals surface area contributed by atoms with Gasteiger partial charge in [0.2, 0.25) is 6.08 Å². The maximum absolute atomic E-state index is 11.8. The highest BCUT2D eigenvalue weighted by Crippen LogP contribution is 2.28. The molecule has 0 saturated carbocycles. The predicted octanol–water partition coefficient (Wildman–Crippen LogP) is 3.91. The van der Waals surface area contributed by atoms with E-state index >= 15 is 0 Å². The van der Waals surface area contributed by atoms with Crippen LogP contribution >= 0.6 is 0 Å². The molecule has 1 aromatic rings. The fraction of sp³-hybridized carbons (Fsp3) is 0.500. The Balaban J connectivity index is 3.04. The summed E-state index contributed by atoms with van der Waals surface area (Å²) >= 11 is 0. The van der Waals surface area contributed by atoms with Crippen LogP contribution in [0.2, 0.25) is 0 Å². The highest BCUT2D eigenvalue weighted by atomic mass is 16.6. The molecule has 1 rings (SSSR count). The van der Waals surface area contributed by atoms with Crippen LogP contribution in [0.15, 0.2) is 23.2 Å². The lowest BCUT2D eigenvalue weighted by molar-refractivity contribution is 0.0636. The molecule has 0 spiro atoms. The number of aryl methyl sites for hydroxylation is 1. The van der Waals surface area contributed by atoms with E-state index < -0.39 is 17.2 Å². The van der Waals surface area contributed by atoms with Gasteiger partial charge in [-0.05, 0) is 58.7 Å². The van der Waals surface area contributed by atoms with E-state index in [9.17, 15) is 9.59 Å². The molecule has 1 N–H and O–H groups in total. The van der Waals surface area contributed by atoms with E-state index in [0.29, 0.717) is 5.69 Å². The maximum Gasteiger partial charge on any atom is 0.412 e. The molecule has 0 aliphatic rings. The smallest absolute Gasteiger partial charge is 0.412 e. The third-order valence-electron chi connectivity index (χ3n) is 2.90. The summed E-state index contributed by atoms with van der Waals surface area (Å²) in [6.07, 6.45) is 1.06. The van der Waals surface area contributed by atoms with E-state index in [-0.39, 0.29) is 0 Å². The van der Waals surface area contributed by atoms with E-state index in [1.54, 1.807) is 46.8 Å². The first-order valence-corrected chi connectivity index (χ1v) is 6.75. The lowest BCUT2D eigenvalue weighted by Crippen LogP contribution is -2.27. The standard InChI is InChI=1S/C16H22N2O3/c1-11-7-8-12(16(5,6)17-10-19)9-13(11)18-14(20)21-15(2,3)4/h7-9H,1-6H3,(H,18,20). The van der Waals surface area contributed by atoms with Crippen molar-refractivity contribution in [2.45, 2.75) is 52.7 Å². The van der Waals surface area contributed by atoms with Gasteiger partial charge in [-0.15, -0.1) is 0 Å². The van der Waals surface area contributed by atoms with Gasteiger partial charge in [-0.3, -0.25) is 5.32 Å². The fourth-order valence-corrected chi connectivity index (χ4v) is 1.73. The third-order valence-corrected chi connectivity index (χ3v) is 2.90. The molecule has 0 fully saturated rings. The third kappa shape index (κ3) is 5.04. The van der Waals surface area contributed by atoms with Crippen molar-refractivity contribution in [3.63, 3.8) is 0 Å². The molecule has 0 unspecified atom stereocenters. The number of benzene rings is 1. The van der Waals surface area contributed by atoms with Crippen LogP contribution in [0, 0.1) is 6.92 Å². The number of amides is 1. The summed E-state index contributed by atoms with van der Waals surface area (Å²) in [4.78, 5) is 26.1. The number of carbonyl (C=O) groups is 1. The van der Waals surface area contributed by atoms with Gasteiger partial charge in [-0.25, -0.2) is 9.59 Å². The molecule has 0 aliphatic carbocycles. The summed E-state index contributed by atoms with van der Waals surface area (Å²) in [5, 5.41) is 2.72.